The minimum absolute atomic E-state index is 0.0826. The zero-order valence-corrected chi connectivity index (χ0v) is 13.7. The summed E-state index contributed by atoms with van der Waals surface area (Å²) in [6, 6.07) is 5.41. The molecule has 0 saturated carbocycles. The van der Waals surface area contributed by atoms with Crippen molar-refractivity contribution >= 4 is 5.69 Å². The van der Waals surface area contributed by atoms with Crippen molar-refractivity contribution < 1.29 is 22.6 Å². The molecule has 1 aromatic carbocycles. The summed E-state index contributed by atoms with van der Waals surface area (Å²) in [5.74, 6) is -0.360. The Bertz CT molecular complexity index is 763. The summed E-state index contributed by atoms with van der Waals surface area (Å²) in [4.78, 5) is 8.03. The summed E-state index contributed by atoms with van der Waals surface area (Å²) in [7, 11) is 0. The maximum absolute atomic E-state index is 12.2. The Morgan fingerprint density at radius 1 is 1.31 bits per heavy atom. The number of benzene rings is 1. The van der Waals surface area contributed by atoms with E-state index in [4.69, 9.17) is 10.3 Å². The molecule has 0 spiro atoms. The Morgan fingerprint density at radius 2 is 2.04 bits per heavy atom. The molecule has 0 aliphatic rings. The second-order valence-electron chi connectivity index (χ2n) is 4.98. The normalized spacial score (nSPS) is 11.8. The minimum atomic E-state index is -4.77. The van der Waals surface area contributed by atoms with Gasteiger partial charge < -0.3 is 14.8 Å². The van der Waals surface area contributed by atoms with E-state index in [9.17, 15) is 13.2 Å². The number of anilines is 1. The molecule has 0 atom stereocenters. The van der Waals surface area contributed by atoms with Crippen molar-refractivity contribution in [2.24, 2.45) is 5.11 Å². The highest BCUT2D eigenvalue weighted by atomic mass is 19.4. The van der Waals surface area contributed by atoms with Gasteiger partial charge in [-0.1, -0.05) is 13.0 Å². The van der Waals surface area contributed by atoms with Crippen LogP contribution in [0, 0.1) is 5.53 Å². The first-order valence-electron chi connectivity index (χ1n) is 7.52. The minimum Gasteiger partial charge on any atom is -0.457 e. The van der Waals surface area contributed by atoms with E-state index in [0.717, 1.165) is 12.0 Å². The first-order valence-corrected chi connectivity index (χ1v) is 7.52. The molecular formula is C16H16F3N5O2. The van der Waals surface area contributed by atoms with Gasteiger partial charge in [0, 0.05) is 30.3 Å². The fourth-order valence-corrected chi connectivity index (χ4v) is 1.79. The molecule has 1 aromatic heterocycles. The number of nitrogens with zero attached hydrogens (tertiary/aromatic N) is 3. The van der Waals surface area contributed by atoms with Crippen LogP contribution in [0.4, 0.5) is 18.9 Å². The van der Waals surface area contributed by atoms with Gasteiger partial charge in [-0.2, -0.15) is 5.11 Å². The summed E-state index contributed by atoms with van der Waals surface area (Å²) in [6.45, 7) is 1.89. The van der Waals surface area contributed by atoms with Gasteiger partial charge in [-0.05, 0) is 24.1 Å². The number of hydrogen-bond acceptors (Lipinski definition) is 7. The highest BCUT2D eigenvalue weighted by Crippen LogP contribution is 2.25. The highest BCUT2D eigenvalue weighted by molar-refractivity contribution is 5.50. The van der Waals surface area contributed by atoms with E-state index in [0.29, 0.717) is 5.69 Å². The van der Waals surface area contributed by atoms with Crippen LogP contribution in [0.2, 0.25) is 0 Å². The molecule has 0 bridgehead atoms. The number of aryl methyl sites for hydroxylation is 1. The summed E-state index contributed by atoms with van der Waals surface area (Å²) in [5, 5.41) is 6.02. The van der Waals surface area contributed by atoms with E-state index in [1.165, 1.54) is 30.5 Å². The summed E-state index contributed by atoms with van der Waals surface area (Å²) >= 11 is 0. The predicted octanol–water partition coefficient (Wildman–Crippen LogP) is 4.30. The maximum atomic E-state index is 12.2. The standard InChI is InChI=1S/C16H16F3N5O2/c1-2-11-7-22-15(23-8-11)25-10-13(24-20)9-21-12-4-3-5-14(6-12)26-16(17,18)19/h3-9,20-21H,2,10H2,1H3/b13-9-,24-20?. The molecule has 0 fully saturated rings. The third kappa shape index (κ3) is 6.38. The molecule has 1 heterocycles. The van der Waals surface area contributed by atoms with Gasteiger partial charge >= 0.3 is 12.4 Å². The van der Waals surface area contributed by atoms with Crippen LogP contribution in [-0.4, -0.2) is 22.9 Å². The monoisotopic (exact) mass is 367 g/mol. The van der Waals surface area contributed by atoms with Crippen LogP contribution in [0.5, 0.6) is 11.8 Å². The lowest BCUT2D eigenvalue weighted by atomic mass is 10.3. The number of ether oxygens (including phenoxy) is 2. The first-order chi connectivity index (χ1) is 12.4. The van der Waals surface area contributed by atoms with Gasteiger partial charge in [0.2, 0.25) is 0 Å². The van der Waals surface area contributed by atoms with Crippen molar-refractivity contribution in [2.45, 2.75) is 19.7 Å². The number of aromatic nitrogens is 2. The zero-order chi connectivity index (χ0) is 19.0. The van der Waals surface area contributed by atoms with Crippen molar-refractivity contribution in [2.75, 3.05) is 11.9 Å². The SMILES string of the molecule is CCc1cnc(OC/C(=C/Nc2cccc(OC(F)(F)F)c2)N=N)nc1. The summed E-state index contributed by atoms with van der Waals surface area (Å²) < 4.78 is 45.8. The Hall–Kier alpha value is -3.17. The van der Waals surface area contributed by atoms with Crippen molar-refractivity contribution in [3.8, 4) is 11.8 Å². The van der Waals surface area contributed by atoms with E-state index < -0.39 is 6.36 Å². The van der Waals surface area contributed by atoms with E-state index >= 15 is 0 Å². The van der Waals surface area contributed by atoms with E-state index in [-0.39, 0.29) is 24.1 Å². The van der Waals surface area contributed by atoms with Gasteiger partial charge in [0.05, 0.1) is 0 Å². The molecule has 0 saturated heterocycles. The molecule has 10 heteroatoms. The number of nitrogens with one attached hydrogen (secondary N) is 2. The second kappa shape index (κ2) is 8.79. The fourth-order valence-electron chi connectivity index (χ4n) is 1.79. The van der Waals surface area contributed by atoms with Crippen LogP contribution in [-0.2, 0) is 6.42 Å². The molecular weight excluding hydrogens is 351 g/mol. The smallest absolute Gasteiger partial charge is 0.457 e. The molecule has 0 unspecified atom stereocenters. The molecule has 2 aromatic rings. The molecule has 138 valence electrons. The topological polar surface area (TPSA) is 92.5 Å². The van der Waals surface area contributed by atoms with Crippen LogP contribution in [0.15, 0.2) is 53.7 Å². The van der Waals surface area contributed by atoms with Gasteiger partial charge in [0.1, 0.15) is 18.1 Å². The molecule has 0 amide bonds. The average molecular weight is 367 g/mol. The summed E-state index contributed by atoms with van der Waals surface area (Å²) in [6.07, 6.45) is 0.633. The first kappa shape index (κ1) is 19.2. The van der Waals surface area contributed by atoms with Gasteiger partial charge in [0.15, 0.2) is 0 Å². The quantitative estimate of drug-likeness (QED) is 0.679. The highest BCUT2D eigenvalue weighted by Gasteiger charge is 2.31. The predicted molar refractivity (Wildman–Crippen MR) is 86.9 cm³/mol. The molecule has 0 radical (unpaired) electrons. The molecule has 26 heavy (non-hydrogen) atoms. The number of halogens is 3. The van der Waals surface area contributed by atoms with E-state index in [1.54, 1.807) is 12.4 Å². The van der Waals surface area contributed by atoms with Crippen LogP contribution < -0.4 is 14.8 Å². The van der Waals surface area contributed by atoms with E-state index in [2.05, 4.69) is 25.1 Å². The van der Waals surface area contributed by atoms with Crippen molar-refractivity contribution in [3.63, 3.8) is 0 Å². The third-order valence-corrected chi connectivity index (χ3v) is 3.06. The Kier molecular flexibility index (Phi) is 6.48. The third-order valence-electron chi connectivity index (χ3n) is 3.06. The maximum Gasteiger partial charge on any atom is 0.573 e. The second-order valence-corrected chi connectivity index (χ2v) is 4.98. The molecule has 0 aliphatic heterocycles. The van der Waals surface area contributed by atoms with Crippen LogP contribution in [0.25, 0.3) is 0 Å². The van der Waals surface area contributed by atoms with Gasteiger partial charge in [0.25, 0.3) is 0 Å². The largest absolute Gasteiger partial charge is 0.573 e. The van der Waals surface area contributed by atoms with Crippen LogP contribution >= 0.6 is 0 Å². The molecule has 7 nitrogen and oxygen atoms in total. The number of rotatable bonds is 8. The Morgan fingerprint density at radius 3 is 2.65 bits per heavy atom. The lowest BCUT2D eigenvalue weighted by Crippen LogP contribution is -2.17. The summed E-state index contributed by atoms with van der Waals surface area (Å²) in [5.41, 5.74) is 8.62. The van der Waals surface area contributed by atoms with Gasteiger partial charge in [-0.3, -0.25) is 0 Å². The zero-order valence-electron chi connectivity index (χ0n) is 13.7. The van der Waals surface area contributed by atoms with E-state index in [1.807, 2.05) is 6.92 Å². The lowest BCUT2D eigenvalue weighted by molar-refractivity contribution is -0.274. The van der Waals surface area contributed by atoms with Gasteiger partial charge in [-0.15, -0.1) is 13.2 Å². The Labute approximate surface area is 147 Å². The van der Waals surface area contributed by atoms with Crippen molar-refractivity contribution in [1.29, 1.82) is 5.53 Å². The fraction of sp³-hybridized carbons (Fsp3) is 0.250. The average Bonchev–Trinajstić information content (AvgIpc) is 2.61. The molecule has 2 N–H and O–H groups in total. The molecule has 0 aliphatic carbocycles. The lowest BCUT2D eigenvalue weighted by Gasteiger charge is -2.10. The van der Waals surface area contributed by atoms with Gasteiger partial charge in [-0.25, -0.2) is 15.5 Å². The molecule has 2 rings (SSSR count). The Balaban J connectivity index is 1.96. The number of hydrogen-bond donors (Lipinski definition) is 2. The van der Waals surface area contributed by atoms with Crippen molar-refractivity contribution in [1.82, 2.24) is 9.97 Å². The number of alkyl halides is 3. The van der Waals surface area contributed by atoms with Crippen LogP contribution in [0.3, 0.4) is 0 Å². The van der Waals surface area contributed by atoms with Crippen LogP contribution in [0.1, 0.15) is 12.5 Å². The van der Waals surface area contributed by atoms with Crippen molar-refractivity contribution in [3.05, 3.63) is 54.1 Å².